The average molecular weight is 317 g/mol. The Morgan fingerprint density at radius 2 is 1.71 bits per heavy atom. The number of aliphatic hydroxyl groups excluding tert-OH is 2. The van der Waals surface area contributed by atoms with E-state index in [-0.39, 0.29) is 56.6 Å². The van der Waals surface area contributed by atoms with Gasteiger partial charge in [-0.2, -0.15) is 0 Å². The van der Waals surface area contributed by atoms with Gasteiger partial charge in [-0.1, -0.05) is 18.2 Å². The van der Waals surface area contributed by atoms with Crippen LogP contribution in [0, 0.1) is 0 Å². The summed E-state index contributed by atoms with van der Waals surface area (Å²) in [6.45, 7) is 0. The van der Waals surface area contributed by atoms with Crippen molar-refractivity contribution in [1.29, 1.82) is 0 Å². The van der Waals surface area contributed by atoms with Crippen LogP contribution in [0.1, 0.15) is 0 Å². The van der Waals surface area contributed by atoms with Gasteiger partial charge in [0.1, 0.15) is 0 Å². The van der Waals surface area contributed by atoms with E-state index in [1.165, 1.54) is 0 Å². The summed E-state index contributed by atoms with van der Waals surface area (Å²) in [4.78, 5) is 1.15. The molecule has 90 valence electrons. The molecule has 0 fully saturated rings. The molecule has 17 heavy (non-hydrogen) atoms. The van der Waals surface area contributed by atoms with Gasteiger partial charge in [-0.05, 0) is 36.6 Å². The van der Waals surface area contributed by atoms with Gasteiger partial charge in [-0.15, -0.1) is 11.8 Å². The molecule has 0 saturated heterocycles. The first kappa shape index (κ1) is 19.9. The Hall–Kier alpha value is 0.586. The van der Waals surface area contributed by atoms with E-state index in [9.17, 15) is 0 Å². The van der Waals surface area contributed by atoms with E-state index < -0.39 is 5.17 Å². The van der Waals surface area contributed by atoms with Gasteiger partial charge in [0.05, 0.1) is 5.88 Å². The second-order valence-electron chi connectivity index (χ2n) is 2.42. The zero-order valence-electron chi connectivity index (χ0n) is 8.29. The summed E-state index contributed by atoms with van der Waals surface area (Å²) < 4.78 is 0. The van der Waals surface area contributed by atoms with Crippen LogP contribution < -0.4 is 11.1 Å². The van der Waals surface area contributed by atoms with Gasteiger partial charge < -0.3 is 21.3 Å². The van der Waals surface area contributed by atoms with Crippen molar-refractivity contribution in [3.05, 3.63) is 30.3 Å². The molecule has 0 spiro atoms. The standard InChI is InChI=1S/C8H9NOS2.CH3NOS.K.H/c10-8(11)9-6-12-7-4-2-1-3-5-7;2-1(3)4;;/h1-5H,6H2,(H2,9,10,11);(H3,2,3,4);;. The Kier molecular flexibility index (Phi) is 15.3. The third-order valence-electron chi connectivity index (χ3n) is 1.21. The number of nitrogens with two attached hydrogens (primary N) is 1. The van der Waals surface area contributed by atoms with Crippen LogP contribution in [0.4, 0.5) is 0 Å². The molecule has 0 radical (unpaired) electrons. The van der Waals surface area contributed by atoms with Crippen molar-refractivity contribution in [2.24, 2.45) is 5.73 Å². The zero-order valence-corrected chi connectivity index (χ0v) is 10.7. The minimum atomic E-state index is -0.500. The molecule has 1 aromatic carbocycles. The quantitative estimate of drug-likeness (QED) is 0.290. The van der Waals surface area contributed by atoms with Crippen LogP contribution in [-0.2, 0) is 0 Å². The molecule has 0 aliphatic rings. The van der Waals surface area contributed by atoms with E-state index in [1.807, 2.05) is 30.3 Å². The number of rotatable bonds is 3. The average Bonchev–Trinajstić information content (AvgIpc) is 2.18. The molecule has 1 aromatic rings. The normalized spacial score (nSPS) is 8.00. The fourth-order valence-electron chi connectivity index (χ4n) is 0.698. The van der Waals surface area contributed by atoms with Crippen LogP contribution in [-0.4, -0.2) is 77.8 Å². The number of aliphatic hydroxyl groups is 2. The predicted octanol–water partition coefficient (Wildman–Crippen LogP) is 1.31. The molecule has 8 heteroatoms. The molecule has 5 N–H and O–H groups in total. The number of thiocarbonyl (C=S) groups is 2. The van der Waals surface area contributed by atoms with E-state index in [0.717, 1.165) is 4.90 Å². The van der Waals surface area contributed by atoms with E-state index in [4.69, 9.17) is 10.2 Å². The predicted molar refractivity (Wildman–Crippen MR) is 82.1 cm³/mol. The number of benzene rings is 1. The van der Waals surface area contributed by atoms with Crippen molar-refractivity contribution in [1.82, 2.24) is 5.32 Å². The molecule has 0 heterocycles. The van der Waals surface area contributed by atoms with Crippen molar-refractivity contribution in [3.8, 4) is 0 Å². The SMILES string of the molecule is NC(O)=S.OC(=S)NCSc1ccccc1.[KH]. The first-order valence-electron chi connectivity index (χ1n) is 4.15. The summed E-state index contributed by atoms with van der Waals surface area (Å²) in [7, 11) is 0. The minimum absolute atomic E-state index is 0. The van der Waals surface area contributed by atoms with E-state index in [1.54, 1.807) is 11.8 Å². The maximum absolute atomic E-state index is 8.64. The zero-order chi connectivity index (χ0) is 12.4. The first-order chi connectivity index (χ1) is 7.52. The van der Waals surface area contributed by atoms with Crippen molar-refractivity contribution in [3.63, 3.8) is 0 Å². The van der Waals surface area contributed by atoms with Gasteiger partial charge in [0, 0.05) is 4.90 Å². The molecule has 0 amide bonds. The summed E-state index contributed by atoms with van der Waals surface area (Å²) in [6.07, 6.45) is 0. The van der Waals surface area contributed by atoms with Crippen LogP contribution in [0.2, 0.25) is 0 Å². The molecule has 0 aromatic heterocycles. The number of hydrogen-bond donors (Lipinski definition) is 4. The molecular formula is C9H13KN2O2S3. The number of nitrogens with one attached hydrogen (secondary N) is 1. The maximum atomic E-state index is 8.64. The van der Waals surface area contributed by atoms with E-state index >= 15 is 0 Å². The Labute approximate surface area is 158 Å². The molecule has 1 rings (SSSR count). The molecule has 0 unspecified atom stereocenters. The molecule has 0 atom stereocenters. The molecule has 4 nitrogen and oxygen atoms in total. The molecule has 0 bridgehead atoms. The summed E-state index contributed by atoms with van der Waals surface area (Å²) in [5.41, 5.74) is 4.40. The summed E-state index contributed by atoms with van der Waals surface area (Å²) in [5, 5.41) is 18.2. The van der Waals surface area contributed by atoms with Crippen molar-refractivity contribution >= 4 is 97.9 Å². The third kappa shape index (κ3) is 16.6. The van der Waals surface area contributed by atoms with Crippen LogP contribution in [0.25, 0.3) is 0 Å². The Morgan fingerprint density at radius 3 is 2.12 bits per heavy atom. The van der Waals surface area contributed by atoms with E-state index in [0.29, 0.717) is 5.88 Å². The molecular weight excluding hydrogens is 303 g/mol. The van der Waals surface area contributed by atoms with E-state index in [2.05, 4.69) is 35.5 Å². The van der Waals surface area contributed by atoms with Gasteiger partial charge >= 0.3 is 51.4 Å². The summed E-state index contributed by atoms with van der Waals surface area (Å²) in [6, 6.07) is 9.92. The van der Waals surface area contributed by atoms with Crippen LogP contribution in [0.3, 0.4) is 0 Å². The molecule has 0 aliphatic heterocycles. The van der Waals surface area contributed by atoms with Crippen LogP contribution in [0.15, 0.2) is 35.2 Å². The second kappa shape index (κ2) is 13.0. The van der Waals surface area contributed by atoms with Crippen LogP contribution >= 0.6 is 36.2 Å². The van der Waals surface area contributed by atoms with Gasteiger partial charge in [-0.3, -0.25) is 0 Å². The Morgan fingerprint density at radius 1 is 1.24 bits per heavy atom. The van der Waals surface area contributed by atoms with Gasteiger partial charge in [0.15, 0.2) is 0 Å². The fourth-order valence-corrected chi connectivity index (χ4v) is 1.59. The second-order valence-corrected chi connectivity index (χ2v) is 4.28. The van der Waals surface area contributed by atoms with Gasteiger partial charge in [0.25, 0.3) is 10.3 Å². The first-order valence-corrected chi connectivity index (χ1v) is 5.95. The Bertz CT molecular complexity index is 334. The van der Waals surface area contributed by atoms with Crippen molar-refractivity contribution in [2.75, 3.05) is 5.88 Å². The Balaban J connectivity index is 0. The summed E-state index contributed by atoms with van der Waals surface area (Å²) >= 11 is 9.90. The van der Waals surface area contributed by atoms with Crippen LogP contribution in [0.5, 0.6) is 0 Å². The number of thioether (sulfide) groups is 1. The van der Waals surface area contributed by atoms with Crippen molar-refractivity contribution < 1.29 is 10.2 Å². The van der Waals surface area contributed by atoms with Gasteiger partial charge in [0.2, 0.25) is 0 Å². The topological polar surface area (TPSA) is 78.5 Å². The van der Waals surface area contributed by atoms with Crippen molar-refractivity contribution in [2.45, 2.75) is 4.90 Å². The monoisotopic (exact) mass is 316 g/mol. The summed E-state index contributed by atoms with van der Waals surface area (Å²) in [5.74, 6) is 0.597. The molecule has 0 aliphatic carbocycles. The molecule has 0 saturated carbocycles. The number of hydrogen-bond acceptors (Lipinski definition) is 3. The fraction of sp³-hybridized carbons (Fsp3) is 0.111. The van der Waals surface area contributed by atoms with Gasteiger partial charge in [-0.25, -0.2) is 0 Å². The third-order valence-corrected chi connectivity index (χ3v) is 2.24.